The molecule has 3 rings (SSSR count). The molecule has 5 heteroatoms. The van der Waals surface area contributed by atoms with E-state index in [0.29, 0.717) is 11.6 Å². The monoisotopic (exact) mass is 235 g/mol. The van der Waals surface area contributed by atoms with Crippen LogP contribution in [0.3, 0.4) is 0 Å². The fourth-order valence-corrected chi connectivity index (χ4v) is 2.39. The van der Waals surface area contributed by atoms with E-state index in [1.807, 2.05) is 4.90 Å². The van der Waals surface area contributed by atoms with Gasteiger partial charge in [0.1, 0.15) is 6.26 Å². The molecule has 1 aromatic heterocycles. The normalized spacial score (nSPS) is 22.5. The summed E-state index contributed by atoms with van der Waals surface area (Å²) < 4.78 is 4.95. The van der Waals surface area contributed by atoms with E-state index >= 15 is 0 Å². The van der Waals surface area contributed by atoms with E-state index in [0.717, 1.165) is 39.3 Å². The predicted molar refractivity (Wildman–Crippen MR) is 62.8 cm³/mol. The second-order valence-electron chi connectivity index (χ2n) is 4.65. The summed E-state index contributed by atoms with van der Waals surface area (Å²) in [6, 6.07) is 2.41. The van der Waals surface area contributed by atoms with Crippen molar-refractivity contribution in [1.29, 1.82) is 0 Å². The second-order valence-corrected chi connectivity index (χ2v) is 4.65. The van der Waals surface area contributed by atoms with Gasteiger partial charge < -0.3 is 14.6 Å². The molecule has 2 aliphatic rings. The van der Waals surface area contributed by atoms with Crippen LogP contribution in [0.15, 0.2) is 23.0 Å². The molecule has 0 atom stereocenters. The molecule has 2 fully saturated rings. The lowest BCUT2D eigenvalue weighted by Crippen LogP contribution is -2.62. The number of nitrogens with one attached hydrogen (secondary N) is 1. The number of hydrogen-bond donors (Lipinski definition) is 1. The molecule has 92 valence electrons. The van der Waals surface area contributed by atoms with Gasteiger partial charge in [0.15, 0.2) is 0 Å². The molecule has 17 heavy (non-hydrogen) atoms. The number of carbonyl (C=O) groups is 1. The zero-order chi connectivity index (χ0) is 11.7. The molecule has 1 N–H and O–H groups in total. The molecule has 0 spiro atoms. The number of nitrogens with zero attached hydrogens (tertiary/aromatic N) is 2. The zero-order valence-corrected chi connectivity index (χ0v) is 9.76. The van der Waals surface area contributed by atoms with Crippen LogP contribution in [0.5, 0.6) is 0 Å². The van der Waals surface area contributed by atoms with E-state index in [1.54, 1.807) is 12.3 Å². The molecular weight excluding hydrogens is 218 g/mol. The maximum atomic E-state index is 12.1. The standard InChI is InChI=1S/C12H17N3O2/c16-12(10-1-6-17-9-10)15-4-2-14(3-5-15)11-7-13-8-11/h1,6,9,11,13H,2-5,7-8H2. The Labute approximate surface area is 100 Å². The van der Waals surface area contributed by atoms with Crippen LogP contribution in [-0.2, 0) is 0 Å². The van der Waals surface area contributed by atoms with E-state index in [9.17, 15) is 4.79 Å². The fraction of sp³-hybridized carbons (Fsp3) is 0.583. The summed E-state index contributed by atoms with van der Waals surface area (Å²) in [5.41, 5.74) is 0.656. The molecule has 5 nitrogen and oxygen atoms in total. The third-order valence-electron chi connectivity index (χ3n) is 3.65. The Kier molecular flexibility index (Phi) is 2.86. The molecule has 0 radical (unpaired) electrons. The van der Waals surface area contributed by atoms with Gasteiger partial charge >= 0.3 is 0 Å². The molecule has 2 aliphatic heterocycles. The second kappa shape index (κ2) is 4.50. The van der Waals surface area contributed by atoms with Gasteiger partial charge in [0.25, 0.3) is 5.91 Å². The van der Waals surface area contributed by atoms with Gasteiger partial charge in [-0.2, -0.15) is 0 Å². The first kappa shape index (κ1) is 10.8. The predicted octanol–water partition coefficient (Wildman–Crippen LogP) is 0.00920. The minimum atomic E-state index is 0.0881. The highest BCUT2D eigenvalue weighted by Crippen LogP contribution is 2.12. The quantitative estimate of drug-likeness (QED) is 0.784. The summed E-state index contributed by atoms with van der Waals surface area (Å²) in [5, 5.41) is 3.28. The summed E-state index contributed by atoms with van der Waals surface area (Å²) in [6.45, 7) is 5.79. The number of rotatable bonds is 2. The van der Waals surface area contributed by atoms with Gasteiger partial charge in [-0.25, -0.2) is 0 Å². The number of furan rings is 1. The van der Waals surface area contributed by atoms with Gasteiger partial charge in [-0.1, -0.05) is 0 Å². The van der Waals surface area contributed by atoms with E-state index < -0.39 is 0 Å². The SMILES string of the molecule is O=C(c1ccoc1)N1CCN(C2CNC2)CC1. The maximum absolute atomic E-state index is 12.1. The lowest BCUT2D eigenvalue weighted by atomic mass is 10.1. The summed E-state index contributed by atoms with van der Waals surface area (Å²) in [6.07, 6.45) is 3.06. The van der Waals surface area contributed by atoms with Crippen LogP contribution >= 0.6 is 0 Å². The van der Waals surface area contributed by atoms with Crippen LogP contribution in [0.25, 0.3) is 0 Å². The summed E-state index contributed by atoms with van der Waals surface area (Å²) in [4.78, 5) is 16.4. The first-order valence-corrected chi connectivity index (χ1v) is 6.11. The number of hydrogen-bond acceptors (Lipinski definition) is 4. The Hall–Kier alpha value is -1.33. The first-order chi connectivity index (χ1) is 8.34. The molecule has 2 saturated heterocycles. The molecule has 0 bridgehead atoms. The van der Waals surface area contributed by atoms with Crippen molar-refractivity contribution in [3.63, 3.8) is 0 Å². The van der Waals surface area contributed by atoms with Crippen LogP contribution in [0, 0.1) is 0 Å². The van der Waals surface area contributed by atoms with Crippen molar-refractivity contribution in [2.75, 3.05) is 39.3 Å². The van der Waals surface area contributed by atoms with Crippen molar-refractivity contribution in [2.45, 2.75) is 6.04 Å². The molecule has 0 saturated carbocycles. The van der Waals surface area contributed by atoms with E-state index in [1.165, 1.54) is 6.26 Å². The smallest absolute Gasteiger partial charge is 0.257 e. The van der Waals surface area contributed by atoms with Crippen molar-refractivity contribution in [3.8, 4) is 0 Å². The minimum Gasteiger partial charge on any atom is -0.472 e. The topological polar surface area (TPSA) is 48.7 Å². The molecule has 1 aromatic rings. The van der Waals surface area contributed by atoms with Crippen LogP contribution in [0.2, 0.25) is 0 Å². The summed E-state index contributed by atoms with van der Waals surface area (Å²) in [7, 11) is 0. The number of amides is 1. The Morgan fingerprint density at radius 2 is 2.06 bits per heavy atom. The van der Waals surface area contributed by atoms with Gasteiger partial charge in [0, 0.05) is 45.3 Å². The lowest BCUT2D eigenvalue weighted by Gasteiger charge is -2.43. The highest BCUT2D eigenvalue weighted by atomic mass is 16.3. The van der Waals surface area contributed by atoms with Crippen LogP contribution in [-0.4, -0.2) is 61.0 Å². The highest BCUT2D eigenvalue weighted by molar-refractivity contribution is 5.93. The number of piperazine rings is 1. The summed E-state index contributed by atoms with van der Waals surface area (Å²) >= 11 is 0. The number of carbonyl (C=O) groups excluding carboxylic acids is 1. The van der Waals surface area contributed by atoms with Crippen LogP contribution in [0.1, 0.15) is 10.4 Å². The Bertz CT molecular complexity index is 378. The van der Waals surface area contributed by atoms with Gasteiger partial charge in [0.05, 0.1) is 11.8 Å². The lowest BCUT2D eigenvalue weighted by molar-refractivity contribution is 0.0501. The molecule has 1 amide bonds. The van der Waals surface area contributed by atoms with Gasteiger partial charge in [0.2, 0.25) is 0 Å². The fourth-order valence-electron chi connectivity index (χ4n) is 2.39. The van der Waals surface area contributed by atoms with Crippen LogP contribution < -0.4 is 5.32 Å². The van der Waals surface area contributed by atoms with Crippen molar-refractivity contribution >= 4 is 5.91 Å². The van der Waals surface area contributed by atoms with E-state index in [4.69, 9.17) is 4.42 Å². The van der Waals surface area contributed by atoms with Crippen molar-refractivity contribution < 1.29 is 9.21 Å². The molecular formula is C12H17N3O2. The largest absolute Gasteiger partial charge is 0.472 e. The van der Waals surface area contributed by atoms with E-state index in [-0.39, 0.29) is 5.91 Å². The third kappa shape index (κ3) is 2.08. The van der Waals surface area contributed by atoms with Crippen molar-refractivity contribution in [3.05, 3.63) is 24.2 Å². The van der Waals surface area contributed by atoms with Crippen molar-refractivity contribution in [1.82, 2.24) is 15.1 Å². The first-order valence-electron chi connectivity index (χ1n) is 6.11. The maximum Gasteiger partial charge on any atom is 0.257 e. The minimum absolute atomic E-state index is 0.0881. The zero-order valence-electron chi connectivity index (χ0n) is 9.76. The summed E-state index contributed by atoms with van der Waals surface area (Å²) in [5.74, 6) is 0.0881. The highest BCUT2D eigenvalue weighted by Gasteiger charge is 2.29. The van der Waals surface area contributed by atoms with Gasteiger partial charge in [-0.15, -0.1) is 0 Å². The Balaban J connectivity index is 1.55. The van der Waals surface area contributed by atoms with Crippen LogP contribution in [0.4, 0.5) is 0 Å². The van der Waals surface area contributed by atoms with E-state index in [2.05, 4.69) is 10.2 Å². The molecule has 0 aromatic carbocycles. The average Bonchev–Trinajstić information content (AvgIpc) is 2.80. The average molecular weight is 235 g/mol. The van der Waals surface area contributed by atoms with Crippen molar-refractivity contribution in [2.24, 2.45) is 0 Å². The molecule has 0 aliphatic carbocycles. The third-order valence-corrected chi connectivity index (χ3v) is 3.65. The Morgan fingerprint density at radius 1 is 1.29 bits per heavy atom. The Morgan fingerprint density at radius 3 is 2.59 bits per heavy atom. The molecule has 0 unspecified atom stereocenters. The van der Waals surface area contributed by atoms with Gasteiger partial charge in [-0.05, 0) is 6.07 Å². The van der Waals surface area contributed by atoms with Gasteiger partial charge in [-0.3, -0.25) is 9.69 Å². The molecule has 3 heterocycles.